The van der Waals surface area contributed by atoms with Gasteiger partial charge in [0.1, 0.15) is 23.2 Å². The highest BCUT2D eigenvalue weighted by Crippen LogP contribution is 2.45. The smallest absolute Gasteiger partial charge is 0.259 e. The summed E-state index contributed by atoms with van der Waals surface area (Å²) in [5, 5.41) is 4.33. The first-order valence-electron chi connectivity index (χ1n) is 13.6. The van der Waals surface area contributed by atoms with Crippen molar-refractivity contribution >= 4 is 90.9 Å². The van der Waals surface area contributed by atoms with Crippen LogP contribution in [0.2, 0.25) is 5.02 Å². The number of amides is 1. The minimum atomic E-state index is -0.303. The summed E-state index contributed by atoms with van der Waals surface area (Å²) >= 11 is 12.2. The van der Waals surface area contributed by atoms with E-state index in [1.807, 2.05) is 12.1 Å². The van der Waals surface area contributed by atoms with Crippen LogP contribution in [0.15, 0.2) is 65.7 Å². The third kappa shape index (κ3) is 7.36. The highest BCUT2D eigenvalue weighted by Gasteiger charge is 2.33. The van der Waals surface area contributed by atoms with Crippen molar-refractivity contribution in [3.8, 4) is 5.75 Å². The Kier molecular flexibility index (Phi) is 9.96. The van der Waals surface area contributed by atoms with Crippen molar-refractivity contribution in [3.63, 3.8) is 0 Å². The summed E-state index contributed by atoms with van der Waals surface area (Å²) in [5.74, 6) is 0.680. The average molecular weight is 827 g/mol. The Morgan fingerprint density at radius 1 is 1.17 bits per heavy atom. The van der Waals surface area contributed by atoms with Gasteiger partial charge in [0.15, 0.2) is 0 Å². The van der Waals surface area contributed by atoms with Gasteiger partial charge in [0, 0.05) is 36.5 Å². The number of anilines is 1. The van der Waals surface area contributed by atoms with E-state index in [4.69, 9.17) is 21.3 Å². The summed E-state index contributed by atoms with van der Waals surface area (Å²) in [6, 6.07) is 17.7. The number of nitrogens with zero attached hydrogens (tertiary/aromatic N) is 1. The van der Waals surface area contributed by atoms with Crippen molar-refractivity contribution in [2.75, 3.05) is 5.32 Å². The lowest BCUT2D eigenvalue weighted by atomic mass is 9.72. The molecule has 218 valence electrons. The fourth-order valence-corrected chi connectivity index (χ4v) is 8.52. The van der Waals surface area contributed by atoms with Gasteiger partial charge < -0.3 is 10.1 Å². The maximum atomic E-state index is 14.3. The number of ether oxygens (including phenoxy) is 1. The topological polar surface area (TPSA) is 50.7 Å². The minimum Gasteiger partial charge on any atom is -0.487 e. The molecule has 0 aliphatic heterocycles. The number of halogens is 4. The van der Waals surface area contributed by atoms with Crippen LogP contribution >= 0.6 is 68.1 Å². The van der Waals surface area contributed by atoms with Crippen LogP contribution in [0.1, 0.15) is 59.1 Å². The van der Waals surface area contributed by atoms with Gasteiger partial charge in [0.05, 0.1) is 9.13 Å². The van der Waals surface area contributed by atoms with Gasteiger partial charge in [-0.1, -0.05) is 50.6 Å². The van der Waals surface area contributed by atoms with Gasteiger partial charge in [0.25, 0.3) is 5.91 Å². The molecule has 4 aromatic rings. The summed E-state index contributed by atoms with van der Waals surface area (Å²) < 4.78 is 22.4. The Labute approximate surface area is 282 Å². The second kappa shape index (κ2) is 13.3. The van der Waals surface area contributed by atoms with Gasteiger partial charge in [0.2, 0.25) is 0 Å². The lowest BCUT2D eigenvalue weighted by molar-refractivity contribution is 0.102. The van der Waals surface area contributed by atoms with Crippen molar-refractivity contribution < 1.29 is 13.9 Å². The van der Waals surface area contributed by atoms with E-state index in [-0.39, 0.29) is 23.7 Å². The first-order valence-corrected chi connectivity index (χ1v) is 17.0. The third-order valence-electron chi connectivity index (χ3n) is 7.49. The van der Waals surface area contributed by atoms with Gasteiger partial charge in [-0.3, -0.25) is 4.79 Å². The number of nitrogens with one attached hydrogen (secondary N) is 1. The fraction of sp³-hybridized carbons (Fsp3) is 0.273. The molecule has 9 heteroatoms. The normalized spacial score (nSPS) is 15.1. The molecule has 1 atom stereocenters. The largest absolute Gasteiger partial charge is 0.487 e. The van der Waals surface area contributed by atoms with Gasteiger partial charge in [-0.15, -0.1) is 11.3 Å². The maximum absolute atomic E-state index is 14.3. The summed E-state index contributed by atoms with van der Waals surface area (Å²) in [5.41, 5.74) is 3.83. The number of rotatable bonds is 7. The van der Waals surface area contributed by atoms with Crippen LogP contribution in [0.3, 0.4) is 0 Å². The number of carbonyl (C=O) groups is 1. The molecule has 3 aromatic carbocycles. The molecule has 42 heavy (non-hydrogen) atoms. The standard InChI is InChI=1S/C33H30ClFI2N2O2S/c1-33(2,3)21-8-13-25-28(15-21)42-32(29(25)31(40)39-24-11-9-22(34)10-12-24)38-17-20-14-23(36)16-27(37)30(20)41-18-19-6-4-5-7-26(19)35/h4-7,9-12,14,16-17,21H,8,13,15,18H2,1-3H3,(H,39,40)/t21-/m1/s1. The zero-order valence-electron chi connectivity index (χ0n) is 23.4. The number of carbonyl (C=O) groups excluding carboxylic acids is 1. The number of benzene rings is 3. The average Bonchev–Trinajstić information content (AvgIpc) is 3.31. The summed E-state index contributed by atoms with van der Waals surface area (Å²) in [6.45, 7) is 6.95. The van der Waals surface area contributed by atoms with E-state index in [1.54, 1.807) is 60.0 Å². The van der Waals surface area contributed by atoms with E-state index in [0.29, 0.717) is 38.5 Å². The first kappa shape index (κ1) is 31.4. The van der Waals surface area contributed by atoms with Crippen LogP contribution in [0.4, 0.5) is 15.1 Å². The summed E-state index contributed by atoms with van der Waals surface area (Å²) in [6.07, 6.45) is 4.56. The molecule has 0 saturated heterocycles. The van der Waals surface area contributed by atoms with Crippen molar-refractivity contribution in [1.29, 1.82) is 0 Å². The molecule has 1 heterocycles. The number of thiophene rings is 1. The first-order chi connectivity index (χ1) is 20.0. The van der Waals surface area contributed by atoms with Crippen LogP contribution in [0.25, 0.3) is 0 Å². The fourth-order valence-electron chi connectivity index (χ4n) is 5.08. The molecule has 5 rings (SSSR count). The zero-order chi connectivity index (χ0) is 30.0. The quantitative estimate of drug-likeness (QED) is 0.149. The predicted molar refractivity (Wildman–Crippen MR) is 189 cm³/mol. The Balaban J connectivity index is 1.50. The van der Waals surface area contributed by atoms with Gasteiger partial charge in [-0.2, -0.15) is 0 Å². The van der Waals surface area contributed by atoms with Crippen LogP contribution in [0, 0.1) is 24.3 Å². The zero-order valence-corrected chi connectivity index (χ0v) is 29.3. The molecule has 0 fully saturated rings. The highest BCUT2D eigenvalue weighted by molar-refractivity contribution is 14.1. The molecule has 0 unspecified atom stereocenters. The number of aliphatic imine (C=N–C) groups is 1. The molecule has 0 radical (unpaired) electrons. The maximum Gasteiger partial charge on any atom is 0.259 e. The highest BCUT2D eigenvalue weighted by atomic mass is 127. The molecule has 1 amide bonds. The second-order valence-corrected chi connectivity index (χ2v) is 15.3. The molecule has 4 nitrogen and oxygen atoms in total. The summed E-state index contributed by atoms with van der Waals surface area (Å²) in [4.78, 5) is 19.9. The van der Waals surface area contributed by atoms with Crippen LogP contribution in [0.5, 0.6) is 5.75 Å². The molecule has 1 aliphatic rings. The molecule has 1 aliphatic carbocycles. The number of hydrogen-bond donors (Lipinski definition) is 1. The molecule has 0 spiro atoms. The van der Waals surface area contributed by atoms with Crippen molar-refractivity contribution in [3.05, 3.63) is 106 Å². The number of hydrogen-bond acceptors (Lipinski definition) is 4. The molecule has 1 aromatic heterocycles. The molecule has 0 bridgehead atoms. The third-order valence-corrected chi connectivity index (χ3v) is 10.3. The predicted octanol–water partition coefficient (Wildman–Crippen LogP) is 10.5. The van der Waals surface area contributed by atoms with Crippen molar-refractivity contribution in [2.24, 2.45) is 16.3 Å². The number of fused-ring (bicyclic) bond motifs is 1. The Bertz CT molecular complexity index is 1650. The lowest BCUT2D eigenvalue weighted by Crippen LogP contribution is -2.27. The molecular formula is C33H30ClFI2N2O2S. The monoisotopic (exact) mass is 826 g/mol. The lowest BCUT2D eigenvalue weighted by Gasteiger charge is -2.33. The van der Waals surface area contributed by atoms with Crippen LogP contribution < -0.4 is 10.1 Å². The van der Waals surface area contributed by atoms with E-state index in [0.717, 1.165) is 37.5 Å². The van der Waals surface area contributed by atoms with Crippen molar-refractivity contribution in [2.45, 2.75) is 46.6 Å². The molecular weight excluding hydrogens is 797 g/mol. The van der Waals surface area contributed by atoms with Gasteiger partial charge >= 0.3 is 0 Å². The van der Waals surface area contributed by atoms with E-state index < -0.39 is 0 Å². The Morgan fingerprint density at radius 3 is 2.62 bits per heavy atom. The van der Waals surface area contributed by atoms with Gasteiger partial charge in [-0.25, -0.2) is 9.38 Å². The van der Waals surface area contributed by atoms with E-state index in [2.05, 4.69) is 71.3 Å². The minimum absolute atomic E-state index is 0.0976. The van der Waals surface area contributed by atoms with E-state index >= 15 is 0 Å². The van der Waals surface area contributed by atoms with E-state index in [1.165, 1.54) is 10.9 Å². The van der Waals surface area contributed by atoms with Crippen LogP contribution in [-0.2, 0) is 19.4 Å². The second-order valence-electron chi connectivity index (χ2n) is 11.4. The molecule has 0 saturated carbocycles. The Morgan fingerprint density at radius 2 is 1.90 bits per heavy atom. The SMILES string of the molecule is CC(C)(C)[C@@H]1CCc2c(sc(N=Cc3cc(I)cc(I)c3OCc3ccccc3F)c2C(=O)Nc2ccc(Cl)cc2)C1. The van der Waals surface area contributed by atoms with E-state index in [9.17, 15) is 9.18 Å². The van der Waals surface area contributed by atoms with Crippen LogP contribution in [-0.4, -0.2) is 12.1 Å². The van der Waals surface area contributed by atoms with Crippen molar-refractivity contribution in [1.82, 2.24) is 0 Å². The molecule has 1 N–H and O–H groups in total. The van der Waals surface area contributed by atoms with Gasteiger partial charge in [-0.05, 0) is 124 Å². The Hall–Kier alpha value is -2.02. The summed E-state index contributed by atoms with van der Waals surface area (Å²) in [7, 11) is 0.